The maximum absolute atomic E-state index is 12.2. The Hall–Kier alpha value is -2.88. The van der Waals surface area contributed by atoms with Crippen LogP contribution < -0.4 is 5.32 Å². The molecule has 0 aliphatic rings. The van der Waals surface area contributed by atoms with Crippen molar-refractivity contribution in [1.82, 2.24) is 0 Å². The van der Waals surface area contributed by atoms with Gasteiger partial charge >= 0.3 is 5.97 Å². The van der Waals surface area contributed by atoms with E-state index in [4.69, 9.17) is 5.11 Å². The van der Waals surface area contributed by atoms with Crippen LogP contribution in [0.4, 0.5) is 5.69 Å². The van der Waals surface area contributed by atoms with Crippen molar-refractivity contribution in [3.05, 3.63) is 77.0 Å². The minimum absolute atomic E-state index is 0.0542. The number of allylic oxidation sites excluding steroid dienone is 1. The van der Waals surface area contributed by atoms with Crippen molar-refractivity contribution in [2.45, 2.75) is 33.1 Å². The van der Waals surface area contributed by atoms with Crippen molar-refractivity contribution in [3.63, 3.8) is 0 Å². The first-order chi connectivity index (χ1) is 11.7. The number of ketones is 1. The van der Waals surface area contributed by atoms with E-state index in [1.807, 2.05) is 31.2 Å². The molecular weight excluding hydrogens is 314 g/mol. The standard InChI is InChI=1S/C21H23NO3/c1-14-13-16(20(24)25)7-10-18(14)22-12-11-19(23)15-5-8-17(9-6-15)21(2,3)4/h5-13,22H,1-4H3,(H,24,25)/b12-11-. The lowest BCUT2D eigenvalue weighted by atomic mass is 9.86. The SMILES string of the molecule is Cc1cc(C(=O)O)ccc1N/C=C\C(=O)c1ccc(C(C)(C)C)cc1. The molecule has 0 radical (unpaired) electrons. The van der Waals surface area contributed by atoms with Crippen molar-refractivity contribution in [1.29, 1.82) is 0 Å². The number of nitrogens with one attached hydrogen (secondary N) is 1. The number of aryl methyl sites for hydroxylation is 1. The summed E-state index contributed by atoms with van der Waals surface area (Å²) in [6, 6.07) is 12.4. The molecule has 2 aromatic rings. The average molecular weight is 337 g/mol. The Bertz CT molecular complexity index is 812. The normalized spacial score (nSPS) is 11.5. The van der Waals surface area contributed by atoms with Crippen LogP contribution in [0, 0.1) is 6.92 Å². The predicted molar refractivity (Wildman–Crippen MR) is 100 cm³/mol. The molecule has 0 saturated carbocycles. The third-order valence-corrected chi connectivity index (χ3v) is 3.98. The highest BCUT2D eigenvalue weighted by atomic mass is 16.4. The van der Waals surface area contributed by atoms with Gasteiger partial charge in [0.25, 0.3) is 0 Å². The third-order valence-electron chi connectivity index (χ3n) is 3.98. The molecule has 130 valence electrons. The van der Waals surface area contributed by atoms with Crippen molar-refractivity contribution in [3.8, 4) is 0 Å². The molecule has 0 spiro atoms. The first-order valence-electron chi connectivity index (χ1n) is 8.10. The summed E-state index contributed by atoms with van der Waals surface area (Å²) in [4.78, 5) is 23.2. The highest BCUT2D eigenvalue weighted by Gasteiger charge is 2.13. The van der Waals surface area contributed by atoms with E-state index in [1.54, 1.807) is 18.3 Å². The number of anilines is 1. The van der Waals surface area contributed by atoms with Crippen LogP contribution in [0.2, 0.25) is 0 Å². The van der Waals surface area contributed by atoms with Crippen LogP contribution >= 0.6 is 0 Å². The number of carboxylic acids is 1. The Labute approximate surface area is 148 Å². The molecule has 0 atom stereocenters. The van der Waals surface area contributed by atoms with E-state index in [9.17, 15) is 9.59 Å². The number of carbonyl (C=O) groups excluding carboxylic acids is 1. The average Bonchev–Trinajstić information content (AvgIpc) is 2.55. The third kappa shape index (κ3) is 4.80. The van der Waals surface area contributed by atoms with E-state index >= 15 is 0 Å². The summed E-state index contributed by atoms with van der Waals surface area (Å²) in [5, 5.41) is 12.0. The molecule has 0 saturated heterocycles. The van der Waals surface area contributed by atoms with E-state index in [-0.39, 0.29) is 16.8 Å². The zero-order valence-corrected chi connectivity index (χ0v) is 15.0. The molecule has 4 nitrogen and oxygen atoms in total. The van der Waals surface area contributed by atoms with E-state index < -0.39 is 5.97 Å². The number of rotatable bonds is 5. The second kappa shape index (κ2) is 7.34. The summed E-state index contributed by atoms with van der Waals surface area (Å²) in [6.07, 6.45) is 3.04. The maximum Gasteiger partial charge on any atom is 0.335 e. The molecule has 25 heavy (non-hydrogen) atoms. The van der Waals surface area contributed by atoms with E-state index in [0.29, 0.717) is 5.56 Å². The van der Waals surface area contributed by atoms with E-state index in [0.717, 1.165) is 11.3 Å². The lowest BCUT2D eigenvalue weighted by Crippen LogP contribution is -2.11. The van der Waals surface area contributed by atoms with Gasteiger partial charge in [-0.2, -0.15) is 0 Å². The van der Waals surface area contributed by atoms with Gasteiger partial charge in [-0.05, 0) is 41.7 Å². The van der Waals surface area contributed by atoms with Gasteiger partial charge in [0, 0.05) is 23.5 Å². The number of carbonyl (C=O) groups is 2. The Balaban J connectivity index is 2.04. The first kappa shape index (κ1) is 18.5. The summed E-state index contributed by atoms with van der Waals surface area (Å²) in [5.41, 5.74) is 3.66. The summed E-state index contributed by atoms with van der Waals surface area (Å²) in [5.74, 6) is -1.05. The van der Waals surface area contributed by atoms with Gasteiger partial charge in [0.2, 0.25) is 0 Å². The number of benzene rings is 2. The molecule has 4 heteroatoms. The van der Waals surface area contributed by atoms with Gasteiger partial charge in [-0.15, -0.1) is 0 Å². The van der Waals surface area contributed by atoms with Crippen LogP contribution in [-0.4, -0.2) is 16.9 Å². The van der Waals surface area contributed by atoms with Gasteiger partial charge in [-0.3, -0.25) is 4.79 Å². The highest BCUT2D eigenvalue weighted by Crippen LogP contribution is 2.22. The lowest BCUT2D eigenvalue weighted by Gasteiger charge is -2.18. The molecule has 0 aliphatic carbocycles. The monoisotopic (exact) mass is 337 g/mol. The quantitative estimate of drug-likeness (QED) is 0.607. The summed E-state index contributed by atoms with van der Waals surface area (Å²) >= 11 is 0. The molecule has 2 N–H and O–H groups in total. The Kier molecular flexibility index (Phi) is 5.42. The van der Waals surface area contributed by atoms with Gasteiger partial charge in [-0.1, -0.05) is 45.0 Å². The molecule has 0 amide bonds. The maximum atomic E-state index is 12.2. The van der Waals surface area contributed by atoms with E-state index in [1.165, 1.54) is 17.7 Å². The minimum atomic E-state index is -0.959. The van der Waals surface area contributed by atoms with Crippen LogP contribution in [0.1, 0.15) is 52.6 Å². The first-order valence-corrected chi connectivity index (χ1v) is 8.10. The molecule has 0 aliphatic heterocycles. The van der Waals surface area contributed by atoms with Crippen LogP contribution in [0.3, 0.4) is 0 Å². The molecule has 2 aromatic carbocycles. The zero-order valence-electron chi connectivity index (χ0n) is 15.0. The van der Waals surface area contributed by atoms with Crippen LogP contribution in [-0.2, 0) is 5.41 Å². The van der Waals surface area contributed by atoms with Gasteiger partial charge in [0.05, 0.1) is 5.56 Å². The molecular formula is C21H23NO3. The number of aromatic carboxylic acids is 1. The highest BCUT2D eigenvalue weighted by molar-refractivity contribution is 6.04. The number of hydrogen-bond donors (Lipinski definition) is 2. The second-order valence-corrected chi connectivity index (χ2v) is 7.00. The lowest BCUT2D eigenvalue weighted by molar-refractivity contribution is 0.0696. The van der Waals surface area contributed by atoms with Crippen molar-refractivity contribution in [2.75, 3.05) is 5.32 Å². The Morgan fingerprint density at radius 1 is 1.00 bits per heavy atom. The number of hydrogen-bond acceptors (Lipinski definition) is 3. The minimum Gasteiger partial charge on any atom is -0.478 e. The Morgan fingerprint density at radius 2 is 1.60 bits per heavy atom. The summed E-state index contributed by atoms with van der Waals surface area (Å²) in [6.45, 7) is 8.21. The summed E-state index contributed by atoms with van der Waals surface area (Å²) in [7, 11) is 0. The molecule has 0 unspecified atom stereocenters. The van der Waals surface area contributed by atoms with Crippen LogP contribution in [0.25, 0.3) is 0 Å². The fourth-order valence-corrected chi connectivity index (χ4v) is 2.40. The van der Waals surface area contributed by atoms with Gasteiger partial charge in [0.1, 0.15) is 0 Å². The van der Waals surface area contributed by atoms with Gasteiger partial charge < -0.3 is 10.4 Å². The van der Waals surface area contributed by atoms with Crippen molar-refractivity contribution >= 4 is 17.4 Å². The van der Waals surface area contributed by atoms with Gasteiger partial charge in [0.15, 0.2) is 5.78 Å². The van der Waals surface area contributed by atoms with Gasteiger partial charge in [-0.25, -0.2) is 4.79 Å². The second-order valence-electron chi connectivity index (χ2n) is 7.00. The molecule has 0 fully saturated rings. The number of carboxylic acid groups (broad SMARTS) is 1. The summed E-state index contributed by atoms with van der Waals surface area (Å²) < 4.78 is 0. The smallest absolute Gasteiger partial charge is 0.335 e. The zero-order chi connectivity index (χ0) is 18.6. The fraction of sp³-hybridized carbons (Fsp3) is 0.238. The van der Waals surface area contributed by atoms with E-state index in [2.05, 4.69) is 26.1 Å². The molecule has 0 aromatic heterocycles. The molecule has 2 rings (SSSR count). The topological polar surface area (TPSA) is 66.4 Å². The Morgan fingerprint density at radius 3 is 2.12 bits per heavy atom. The molecule has 0 bridgehead atoms. The van der Waals surface area contributed by atoms with Crippen LogP contribution in [0.5, 0.6) is 0 Å². The fourth-order valence-electron chi connectivity index (χ4n) is 2.40. The predicted octanol–water partition coefficient (Wildman–Crippen LogP) is 4.80. The van der Waals surface area contributed by atoms with Crippen molar-refractivity contribution in [2.24, 2.45) is 0 Å². The molecule has 0 heterocycles. The van der Waals surface area contributed by atoms with Crippen molar-refractivity contribution < 1.29 is 14.7 Å². The largest absolute Gasteiger partial charge is 0.478 e. The van der Waals surface area contributed by atoms with Crippen LogP contribution in [0.15, 0.2) is 54.7 Å².